The van der Waals surface area contributed by atoms with Crippen molar-refractivity contribution in [2.24, 2.45) is 0 Å². The average molecular weight is 276 g/mol. The van der Waals surface area contributed by atoms with Gasteiger partial charge in [-0.3, -0.25) is 0 Å². The molecule has 1 fully saturated rings. The van der Waals surface area contributed by atoms with E-state index in [9.17, 15) is 0 Å². The first-order valence-corrected chi connectivity index (χ1v) is 7.96. The van der Waals surface area contributed by atoms with Gasteiger partial charge in [-0.25, -0.2) is 4.98 Å². The monoisotopic (exact) mass is 276 g/mol. The zero-order valence-electron chi connectivity index (χ0n) is 13.4. The van der Waals surface area contributed by atoms with Crippen molar-refractivity contribution in [3.05, 3.63) is 17.2 Å². The molecule has 0 amide bonds. The first-order valence-electron chi connectivity index (χ1n) is 7.96. The van der Waals surface area contributed by atoms with Gasteiger partial charge in [-0.15, -0.1) is 0 Å². The van der Waals surface area contributed by atoms with E-state index in [0.29, 0.717) is 0 Å². The SMILES string of the molecule is CN(CCn1c(C(C)(C)C)nc2c1CCNC2)C1CC1. The Bertz CT molecular complexity index is 479. The van der Waals surface area contributed by atoms with Gasteiger partial charge in [0.25, 0.3) is 0 Å². The summed E-state index contributed by atoms with van der Waals surface area (Å²) in [4.78, 5) is 7.46. The minimum absolute atomic E-state index is 0.121. The summed E-state index contributed by atoms with van der Waals surface area (Å²) in [5.74, 6) is 1.26. The Labute approximate surface area is 122 Å². The lowest BCUT2D eigenvalue weighted by Crippen LogP contribution is -2.30. The molecule has 0 unspecified atom stereocenters. The van der Waals surface area contributed by atoms with E-state index in [2.05, 4.69) is 42.6 Å². The van der Waals surface area contributed by atoms with Gasteiger partial charge in [0.2, 0.25) is 0 Å². The molecule has 2 heterocycles. The summed E-state index contributed by atoms with van der Waals surface area (Å²) in [6.07, 6.45) is 3.88. The van der Waals surface area contributed by atoms with Gasteiger partial charge < -0.3 is 14.8 Å². The number of rotatable bonds is 4. The standard InChI is InChI=1S/C16H28N4/c1-16(2,3)15-18-13-11-17-8-7-14(13)20(15)10-9-19(4)12-5-6-12/h12,17H,5-11H2,1-4H3. The van der Waals surface area contributed by atoms with Crippen molar-refractivity contribution < 1.29 is 0 Å². The Morgan fingerprint density at radius 2 is 2.10 bits per heavy atom. The van der Waals surface area contributed by atoms with E-state index in [-0.39, 0.29) is 5.41 Å². The van der Waals surface area contributed by atoms with Crippen molar-refractivity contribution in [2.75, 3.05) is 20.1 Å². The molecule has 4 heteroatoms. The number of nitrogens with one attached hydrogen (secondary N) is 1. The van der Waals surface area contributed by atoms with Crippen molar-refractivity contribution in [1.29, 1.82) is 0 Å². The molecule has 0 spiro atoms. The Hall–Kier alpha value is -0.870. The summed E-state index contributed by atoms with van der Waals surface area (Å²) in [5.41, 5.74) is 2.86. The van der Waals surface area contributed by atoms with Crippen LogP contribution in [0.5, 0.6) is 0 Å². The molecule has 1 aromatic rings. The predicted octanol–water partition coefficient (Wildman–Crippen LogP) is 1.92. The van der Waals surface area contributed by atoms with Crippen molar-refractivity contribution in [1.82, 2.24) is 19.8 Å². The number of imidazole rings is 1. The molecule has 3 rings (SSSR count). The second-order valence-electron chi connectivity index (χ2n) is 7.37. The highest BCUT2D eigenvalue weighted by molar-refractivity contribution is 5.23. The number of hydrogen-bond acceptors (Lipinski definition) is 3. The van der Waals surface area contributed by atoms with Crippen molar-refractivity contribution in [3.63, 3.8) is 0 Å². The van der Waals surface area contributed by atoms with Crippen LogP contribution >= 0.6 is 0 Å². The van der Waals surface area contributed by atoms with E-state index in [1.54, 1.807) is 0 Å². The van der Waals surface area contributed by atoms with Crippen molar-refractivity contribution >= 4 is 0 Å². The molecular formula is C16H28N4. The first kappa shape index (κ1) is 14.1. The highest BCUT2D eigenvalue weighted by Gasteiger charge is 2.29. The van der Waals surface area contributed by atoms with Crippen molar-refractivity contribution in [3.8, 4) is 0 Å². The van der Waals surface area contributed by atoms with Gasteiger partial charge in [0, 0.05) is 49.8 Å². The molecule has 4 nitrogen and oxygen atoms in total. The molecule has 20 heavy (non-hydrogen) atoms. The van der Waals surface area contributed by atoms with Crippen LogP contribution in [0.15, 0.2) is 0 Å². The maximum Gasteiger partial charge on any atom is 0.114 e. The zero-order chi connectivity index (χ0) is 14.3. The van der Waals surface area contributed by atoms with Crippen LogP contribution in [0.1, 0.15) is 50.8 Å². The van der Waals surface area contributed by atoms with Crippen LogP contribution in [0.4, 0.5) is 0 Å². The van der Waals surface area contributed by atoms with Crippen LogP contribution in [0.3, 0.4) is 0 Å². The van der Waals surface area contributed by atoms with E-state index >= 15 is 0 Å². The third-order valence-corrected chi connectivity index (χ3v) is 4.50. The fourth-order valence-electron chi connectivity index (χ4n) is 3.14. The van der Waals surface area contributed by atoms with Gasteiger partial charge in [-0.2, -0.15) is 0 Å². The molecule has 1 N–H and O–H groups in total. The van der Waals surface area contributed by atoms with Gasteiger partial charge in [0.05, 0.1) is 5.69 Å². The van der Waals surface area contributed by atoms with Crippen LogP contribution in [0.2, 0.25) is 0 Å². The Morgan fingerprint density at radius 3 is 2.75 bits per heavy atom. The number of likely N-dealkylation sites (N-methyl/N-ethyl adjacent to an activating group) is 1. The molecule has 2 aliphatic rings. The third kappa shape index (κ3) is 2.77. The van der Waals surface area contributed by atoms with Crippen LogP contribution < -0.4 is 5.32 Å². The van der Waals surface area contributed by atoms with E-state index in [4.69, 9.17) is 4.98 Å². The molecule has 0 aromatic carbocycles. The fraction of sp³-hybridized carbons (Fsp3) is 0.812. The fourth-order valence-corrected chi connectivity index (χ4v) is 3.14. The highest BCUT2D eigenvalue weighted by Crippen LogP contribution is 2.28. The summed E-state index contributed by atoms with van der Waals surface area (Å²) < 4.78 is 2.51. The topological polar surface area (TPSA) is 33.1 Å². The molecular weight excluding hydrogens is 248 g/mol. The summed E-state index contributed by atoms with van der Waals surface area (Å²) in [6.45, 7) is 11.1. The second-order valence-corrected chi connectivity index (χ2v) is 7.37. The van der Waals surface area contributed by atoms with Crippen LogP contribution in [0, 0.1) is 0 Å². The maximum atomic E-state index is 4.94. The lowest BCUT2D eigenvalue weighted by molar-refractivity contribution is 0.302. The molecule has 1 aliphatic heterocycles. The highest BCUT2D eigenvalue weighted by atomic mass is 15.2. The molecule has 0 bridgehead atoms. The van der Waals surface area contributed by atoms with Crippen LogP contribution in [-0.4, -0.2) is 40.6 Å². The third-order valence-electron chi connectivity index (χ3n) is 4.50. The number of nitrogens with zero attached hydrogens (tertiary/aromatic N) is 3. The predicted molar refractivity (Wildman–Crippen MR) is 82.0 cm³/mol. The Balaban J connectivity index is 1.84. The van der Waals surface area contributed by atoms with Gasteiger partial charge in [-0.1, -0.05) is 20.8 Å². The van der Waals surface area contributed by atoms with Crippen LogP contribution in [0.25, 0.3) is 0 Å². The summed E-state index contributed by atoms with van der Waals surface area (Å²) >= 11 is 0. The zero-order valence-corrected chi connectivity index (χ0v) is 13.4. The van der Waals surface area contributed by atoms with Gasteiger partial charge in [0.15, 0.2) is 0 Å². The van der Waals surface area contributed by atoms with Gasteiger partial charge >= 0.3 is 0 Å². The molecule has 1 aromatic heterocycles. The van der Waals surface area contributed by atoms with Gasteiger partial charge in [-0.05, 0) is 19.9 Å². The molecule has 1 saturated carbocycles. The lowest BCUT2D eigenvalue weighted by Gasteiger charge is -2.24. The lowest BCUT2D eigenvalue weighted by atomic mass is 9.95. The summed E-state index contributed by atoms with van der Waals surface area (Å²) in [6, 6.07) is 0.842. The summed E-state index contributed by atoms with van der Waals surface area (Å²) in [5, 5.41) is 3.44. The minimum atomic E-state index is 0.121. The first-order chi connectivity index (χ1) is 9.47. The second kappa shape index (κ2) is 5.15. The summed E-state index contributed by atoms with van der Waals surface area (Å²) in [7, 11) is 2.26. The average Bonchev–Trinajstić information content (AvgIpc) is 3.16. The minimum Gasteiger partial charge on any atom is -0.330 e. The molecule has 112 valence electrons. The van der Waals surface area contributed by atoms with E-state index in [0.717, 1.165) is 38.6 Å². The van der Waals surface area contributed by atoms with Crippen LogP contribution in [-0.2, 0) is 24.9 Å². The Morgan fingerprint density at radius 1 is 1.35 bits per heavy atom. The number of fused-ring (bicyclic) bond motifs is 1. The normalized spacial score (nSPS) is 19.4. The van der Waals surface area contributed by atoms with Crippen molar-refractivity contribution in [2.45, 2.75) is 64.6 Å². The largest absolute Gasteiger partial charge is 0.330 e. The smallest absolute Gasteiger partial charge is 0.114 e. The molecule has 0 atom stereocenters. The molecule has 0 saturated heterocycles. The van der Waals surface area contributed by atoms with E-state index in [1.165, 1.54) is 30.1 Å². The quantitative estimate of drug-likeness (QED) is 0.912. The molecule has 1 aliphatic carbocycles. The van der Waals surface area contributed by atoms with Gasteiger partial charge in [0.1, 0.15) is 5.82 Å². The van der Waals surface area contributed by atoms with E-state index < -0.39 is 0 Å². The number of aromatic nitrogens is 2. The maximum absolute atomic E-state index is 4.94. The Kier molecular flexibility index (Phi) is 3.63. The van der Waals surface area contributed by atoms with E-state index in [1.807, 2.05) is 0 Å². The number of hydrogen-bond donors (Lipinski definition) is 1. The molecule has 0 radical (unpaired) electrons.